The summed E-state index contributed by atoms with van der Waals surface area (Å²) in [5.74, 6) is -0.0267. The first-order chi connectivity index (χ1) is 15.1. The molecule has 31 heavy (non-hydrogen) atoms. The van der Waals surface area contributed by atoms with Crippen LogP contribution in [0.25, 0.3) is 5.69 Å². The summed E-state index contributed by atoms with van der Waals surface area (Å²) >= 11 is 0. The second-order valence-electron chi connectivity index (χ2n) is 8.34. The van der Waals surface area contributed by atoms with Crippen LogP contribution < -0.4 is 5.32 Å². The molecule has 2 heterocycles. The smallest absolute Gasteiger partial charge is 0.251 e. The van der Waals surface area contributed by atoms with Crippen LogP contribution in [0, 0.1) is 6.92 Å². The van der Waals surface area contributed by atoms with E-state index in [2.05, 4.69) is 57.6 Å². The predicted molar refractivity (Wildman–Crippen MR) is 124 cm³/mol. The van der Waals surface area contributed by atoms with Crippen molar-refractivity contribution in [2.75, 3.05) is 39.8 Å². The quantitative estimate of drug-likeness (QED) is 0.600. The zero-order chi connectivity index (χ0) is 21.6. The molecule has 1 aliphatic heterocycles. The Labute approximate surface area is 184 Å². The molecule has 0 spiro atoms. The summed E-state index contributed by atoms with van der Waals surface area (Å²) in [7, 11) is 2.19. The van der Waals surface area contributed by atoms with Crippen molar-refractivity contribution in [1.29, 1.82) is 0 Å². The number of likely N-dealkylation sites (N-methyl/N-ethyl adjacent to an activating group) is 1. The lowest BCUT2D eigenvalue weighted by Crippen LogP contribution is -2.47. The summed E-state index contributed by atoms with van der Waals surface area (Å²) in [5.41, 5.74) is 4.10. The number of hydrogen-bond acceptors (Lipinski definition) is 4. The van der Waals surface area contributed by atoms with Crippen molar-refractivity contribution in [3.8, 4) is 5.69 Å². The highest BCUT2D eigenvalue weighted by Crippen LogP contribution is 2.24. The molecule has 1 atom stereocenters. The van der Waals surface area contributed by atoms with Crippen LogP contribution in [0.2, 0.25) is 0 Å². The van der Waals surface area contributed by atoms with Gasteiger partial charge in [-0.15, -0.1) is 0 Å². The number of aryl methyl sites for hydroxylation is 1. The number of nitrogens with zero attached hydrogens (tertiary/aromatic N) is 4. The van der Waals surface area contributed by atoms with Crippen LogP contribution in [0.3, 0.4) is 0 Å². The Hall–Kier alpha value is -2.96. The van der Waals surface area contributed by atoms with Crippen molar-refractivity contribution in [1.82, 2.24) is 24.9 Å². The Morgan fingerprint density at radius 3 is 2.58 bits per heavy atom. The first kappa shape index (κ1) is 21.3. The van der Waals surface area contributed by atoms with Gasteiger partial charge in [-0.1, -0.05) is 30.3 Å². The molecular weight excluding hydrogens is 386 g/mol. The van der Waals surface area contributed by atoms with E-state index in [1.807, 2.05) is 48.3 Å². The van der Waals surface area contributed by atoms with Crippen molar-refractivity contribution in [2.45, 2.75) is 19.4 Å². The maximum absolute atomic E-state index is 12.5. The number of piperazine rings is 1. The molecule has 1 saturated heterocycles. The van der Waals surface area contributed by atoms with Crippen LogP contribution in [0.15, 0.2) is 67.0 Å². The summed E-state index contributed by atoms with van der Waals surface area (Å²) in [5, 5.41) is 7.37. The van der Waals surface area contributed by atoms with Gasteiger partial charge in [0.05, 0.1) is 11.9 Å². The van der Waals surface area contributed by atoms with Gasteiger partial charge in [-0.25, -0.2) is 4.68 Å². The molecular formula is C25H31N5O. The van der Waals surface area contributed by atoms with Crippen molar-refractivity contribution >= 4 is 5.91 Å². The van der Waals surface area contributed by atoms with Gasteiger partial charge in [0.15, 0.2) is 0 Å². The number of nitrogens with one attached hydrogen (secondary N) is 1. The number of carbonyl (C=O) groups excluding carboxylic acids is 1. The van der Waals surface area contributed by atoms with Gasteiger partial charge in [0, 0.05) is 50.5 Å². The molecule has 2 aromatic carbocycles. The Morgan fingerprint density at radius 1 is 1.10 bits per heavy atom. The normalized spacial score (nSPS) is 17.5. The highest BCUT2D eigenvalue weighted by atomic mass is 16.1. The average Bonchev–Trinajstić information content (AvgIpc) is 3.24. The number of amides is 1. The van der Waals surface area contributed by atoms with Crippen LogP contribution in [0.4, 0.5) is 0 Å². The summed E-state index contributed by atoms with van der Waals surface area (Å²) in [4.78, 5) is 17.5. The monoisotopic (exact) mass is 417 g/mol. The van der Waals surface area contributed by atoms with Crippen LogP contribution in [-0.4, -0.2) is 65.3 Å². The fraction of sp³-hybridized carbons (Fsp3) is 0.360. The first-order valence-corrected chi connectivity index (χ1v) is 11.0. The van der Waals surface area contributed by atoms with Crippen molar-refractivity contribution in [3.05, 3.63) is 83.7 Å². The maximum atomic E-state index is 12.5. The fourth-order valence-electron chi connectivity index (χ4n) is 4.12. The summed E-state index contributed by atoms with van der Waals surface area (Å²) in [6.45, 7) is 6.84. The predicted octanol–water partition coefficient (Wildman–Crippen LogP) is 3.29. The molecule has 0 bridgehead atoms. The average molecular weight is 418 g/mol. The van der Waals surface area contributed by atoms with E-state index >= 15 is 0 Å². The highest BCUT2D eigenvalue weighted by molar-refractivity contribution is 5.94. The molecule has 6 nitrogen and oxygen atoms in total. The van der Waals surface area contributed by atoms with Crippen LogP contribution >= 0.6 is 0 Å². The first-order valence-electron chi connectivity index (χ1n) is 11.0. The standard InChI is InChI=1S/C25H31N5O/c1-20-17-27-30(18-20)23-11-9-22(10-12-23)25(31)26-13-6-14-29-16-15-28(2)19-24(29)21-7-4-3-5-8-21/h3-5,7-12,17-18,24H,6,13-16,19H2,1-2H3,(H,26,31). The molecule has 0 aliphatic carbocycles. The van der Waals surface area contributed by atoms with Gasteiger partial charge in [-0.05, 0) is 55.8 Å². The minimum absolute atomic E-state index is 0.0267. The van der Waals surface area contributed by atoms with E-state index < -0.39 is 0 Å². The van der Waals surface area contributed by atoms with Gasteiger partial charge < -0.3 is 10.2 Å². The molecule has 6 heteroatoms. The van der Waals surface area contributed by atoms with E-state index in [4.69, 9.17) is 0 Å². The van der Waals surface area contributed by atoms with E-state index in [0.29, 0.717) is 18.2 Å². The lowest BCUT2D eigenvalue weighted by Gasteiger charge is -2.40. The number of hydrogen-bond donors (Lipinski definition) is 1. The zero-order valence-electron chi connectivity index (χ0n) is 18.4. The summed E-state index contributed by atoms with van der Waals surface area (Å²) < 4.78 is 1.82. The van der Waals surface area contributed by atoms with E-state index in [9.17, 15) is 4.79 Å². The largest absolute Gasteiger partial charge is 0.352 e. The van der Waals surface area contributed by atoms with Gasteiger partial charge in [0.2, 0.25) is 0 Å². The summed E-state index contributed by atoms with van der Waals surface area (Å²) in [6.07, 6.45) is 4.73. The van der Waals surface area contributed by atoms with Gasteiger partial charge in [0.1, 0.15) is 0 Å². The van der Waals surface area contributed by atoms with Crippen LogP contribution in [-0.2, 0) is 0 Å². The second kappa shape index (κ2) is 9.90. The molecule has 1 aliphatic rings. The second-order valence-corrected chi connectivity index (χ2v) is 8.34. The van der Waals surface area contributed by atoms with Crippen LogP contribution in [0.5, 0.6) is 0 Å². The summed E-state index contributed by atoms with van der Waals surface area (Å²) in [6, 6.07) is 18.7. The number of carbonyl (C=O) groups is 1. The Bertz CT molecular complexity index is 983. The fourth-order valence-corrected chi connectivity index (χ4v) is 4.12. The number of benzene rings is 2. The Kier molecular flexibility index (Phi) is 6.79. The van der Waals surface area contributed by atoms with Gasteiger partial charge >= 0.3 is 0 Å². The molecule has 162 valence electrons. The molecule has 1 fully saturated rings. The maximum Gasteiger partial charge on any atom is 0.251 e. The molecule has 4 rings (SSSR count). The minimum Gasteiger partial charge on any atom is -0.352 e. The molecule has 1 aromatic heterocycles. The van der Waals surface area contributed by atoms with Gasteiger partial charge in [0.25, 0.3) is 5.91 Å². The highest BCUT2D eigenvalue weighted by Gasteiger charge is 2.25. The Morgan fingerprint density at radius 2 is 1.87 bits per heavy atom. The molecule has 1 unspecified atom stereocenters. The van der Waals surface area contributed by atoms with Crippen LogP contribution in [0.1, 0.15) is 33.9 Å². The Balaban J connectivity index is 1.27. The molecule has 1 N–H and O–H groups in total. The van der Waals surface area contributed by atoms with Crippen molar-refractivity contribution in [3.63, 3.8) is 0 Å². The van der Waals surface area contributed by atoms with E-state index in [-0.39, 0.29) is 5.91 Å². The molecule has 0 radical (unpaired) electrons. The third-order valence-electron chi connectivity index (χ3n) is 5.89. The topological polar surface area (TPSA) is 53.4 Å². The number of aromatic nitrogens is 2. The SMILES string of the molecule is Cc1cnn(-c2ccc(C(=O)NCCCN3CCN(C)CC3c3ccccc3)cc2)c1. The lowest BCUT2D eigenvalue weighted by atomic mass is 10.0. The lowest BCUT2D eigenvalue weighted by molar-refractivity contribution is 0.0866. The van der Waals surface area contributed by atoms with E-state index in [1.54, 1.807) is 0 Å². The van der Waals surface area contributed by atoms with Crippen molar-refractivity contribution < 1.29 is 4.79 Å². The number of rotatable bonds is 7. The zero-order valence-corrected chi connectivity index (χ0v) is 18.4. The van der Waals surface area contributed by atoms with E-state index in [0.717, 1.165) is 43.9 Å². The molecule has 0 saturated carbocycles. The molecule has 1 amide bonds. The van der Waals surface area contributed by atoms with Crippen molar-refractivity contribution in [2.24, 2.45) is 0 Å². The van der Waals surface area contributed by atoms with Gasteiger partial charge in [-0.3, -0.25) is 9.69 Å². The third kappa shape index (κ3) is 5.40. The minimum atomic E-state index is -0.0267. The van der Waals surface area contributed by atoms with Gasteiger partial charge in [-0.2, -0.15) is 5.10 Å². The third-order valence-corrected chi connectivity index (χ3v) is 5.89. The molecule has 3 aromatic rings. The van der Waals surface area contributed by atoms with E-state index in [1.165, 1.54) is 5.56 Å².